The molecule has 1 aromatic carbocycles. The number of nitrogens with one attached hydrogen (secondary N) is 1. The normalized spacial score (nSPS) is 22.4. The summed E-state index contributed by atoms with van der Waals surface area (Å²) < 4.78 is 5.47. The highest BCUT2D eigenvalue weighted by atomic mass is 35.5. The van der Waals surface area contributed by atoms with Crippen molar-refractivity contribution in [3.8, 4) is 0 Å². The molecule has 0 spiro atoms. The third-order valence-corrected chi connectivity index (χ3v) is 5.33. The summed E-state index contributed by atoms with van der Waals surface area (Å²) in [4.78, 5) is 9.81. The number of rotatable bonds is 5. The first-order chi connectivity index (χ1) is 12.3. The molecular weight excluding hydrogens is 336 g/mol. The molecule has 2 aliphatic rings. The fourth-order valence-corrected chi connectivity index (χ4v) is 3.81. The Labute approximate surface area is 156 Å². The maximum Gasteiger partial charge on any atom is 0.193 e. The first-order valence-corrected chi connectivity index (χ1v) is 9.74. The first kappa shape index (κ1) is 18.5. The number of ether oxygens (including phenoxy) is 1. The minimum atomic E-state index is 0.622. The zero-order valence-corrected chi connectivity index (χ0v) is 15.8. The van der Waals surface area contributed by atoms with Crippen molar-refractivity contribution in [3.63, 3.8) is 0 Å². The van der Waals surface area contributed by atoms with Crippen LogP contribution in [0.25, 0.3) is 0 Å². The van der Waals surface area contributed by atoms with Gasteiger partial charge >= 0.3 is 0 Å². The topological polar surface area (TPSA) is 40.1 Å². The van der Waals surface area contributed by atoms with Gasteiger partial charge in [0.25, 0.3) is 0 Å². The van der Waals surface area contributed by atoms with Crippen molar-refractivity contribution in [3.05, 3.63) is 34.9 Å². The highest BCUT2D eigenvalue weighted by Gasteiger charge is 2.30. The molecule has 2 fully saturated rings. The molecule has 0 saturated carbocycles. The van der Waals surface area contributed by atoms with Gasteiger partial charge in [-0.1, -0.05) is 29.8 Å². The summed E-state index contributed by atoms with van der Waals surface area (Å²) >= 11 is 6.24. The van der Waals surface area contributed by atoms with E-state index in [0.29, 0.717) is 6.04 Å². The number of hydrogen-bond donors (Lipinski definition) is 1. The number of halogens is 1. The number of guanidine groups is 1. The van der Waals surface area contributed by atoms with Crippen molar-refractivity contribution in [2.75, 3.05) is 52.5 Å². The van der Waals surface area contributed by atoms with E-state index in [1.165, 1.54) is 6.42 Å². The molecule has 0 aromatic heterocycles. The average molecular weight is 365 g/mol. The van der Waals surface area contributed by atoms with Crippen LogP contribution in [0, 0.1) is 0 Å². The van der Waals surface area contributed by atoms with Gasteiger partial charge in [0.15, 0.2) is 5.96 Å². The highest BCUT2D eigenvalue weighted by Crippen LogP contribution is 2.18. The third kappa shape index (κ3) is 5.09. The fourth-order valence-electron chi connectivity index (χ4n) is 3.58. The lowest BCUT2D eigenvalue weighted by Crippen LogP contribution is -2.46. The molecule has 0 amide bonds. The van der Waals surface area contributed by atoms with Crippen LogP contribution >= 0.6 is 11.6 Å². The predicted molar refractivity (Wildman–Crippen MR) is 104 cm³/mol. The molecule has 138 valence electrons. The Kier molecular flexibility index (Phi) is 6.96. The van der Waals surface area contributed by atoms with Gasteiger partial charge < -0.3 is 15.0 Å². The van der Waals surface area contributed by atoms with Crippen LogP contribution in [0.15, 0.2) is 29.3 Å². The lowest BCUT2D eigenvalue weighted by molar-refractivity contribution is 0.0195. The van der Waals surface area contributed by atoms with E-state index in [1.54, 1.807) is 0 Å². The zero-order chi connectivity index (χ0) is 17.5. The summed E-state index contributed by atoms with van der Waals surface area (Å²) in [6.07, 6.45) is 2.07. The molecule has 0 bridgehead atoms. The van der Waals surface area contributed by atoms with Gasteiger partial charge in [0.1, 0.15) is 0 Å². The van der Waals surface area contributed by atoms with Crippen LogP contribution in [0.4, 0.5) is 0 Å². The minimum Gasteiger partial charge on any atom is -0.379 e. The van der Waals surface area contributed by atoms with Gasteiger partial charge in [-0.3, -0.25) is 9.89 Å². The monoisotopic (exact) mass is 364 g/mol. The van der Waals surface area contributed by atoms with Crippen molar-refractivity contribution in [1.82, 2.24) is 15.1 Å². The Morgan fingerprint density at radius 1 is 1.28 bits per heavy atom. The molecule has 1 aromatic rings. The van der Waals surface area contributed by atoms with E-state index in [-0.39, 0.29) is 0 Å². The van der Waals surface area contributed by atoms with Gasteiger partial charge in [0, 0.05) is 50.3 Å². The maximum atomic E-state index is 6.24. The van der Waals surface area contributed by atoms with E-state index in [1.807, 2.05) is 18.2 Å². The quantitative estimate of drug-likeness (QED) is 0.642. The van der Waals surface area contributed by atoms with Gasteiger partial charge in [-0.05, 0) is 31.4 Å². The summed E-state index contributed by atoms with van der Waals surface area (Å²) in [5.74, 6) is 1.03. The molecule has 3 rings (SSSR count). The van der Waals surface area contributed by atoms with E-state index in [4.69, 9.17) is 21.3 Å². The van der Waals surface area contributed by atoms with Crippen molar-refractivity contribution in [1.29, 1.82) is 0 Å². The SMILES string of the molecule is CCNC(=NCCc1ccccc1Cl)N1CCC(N2CCOCC2)C1. The second kappa shape index (κ2) is 9.41. The molecule has 6 heteroatoms. The molecule has 5 nitrogen and oxygen atoms in total. The second-order valence-electron chi connectivity index (χ2n) is 6.61. The summed E-state index contributed by atoms with van der Waals surface area (Å²) in [6.45, 7) is 9.73. The van der Waals surface area contributed by atoms with Crippen molar-refractivity contribution < 1.29 is 4.74 Å². The van der Waals surface area contributed by atoms with Crippen LogP contribution in [0.3, 0.4) is 0 Å². The van der Waals surface area contributed by atoms with E-state index in [9.17, 15) is 0 Å². The third-order valence-electron chi connectivity index (χ3n) is 4.96. The smallest absolute Gasteiger partial charge is 0.193 e. The Bertz CT molecular complexity index is 574. The molecule has 0 radical (unpaired) electrons. The molecule has 1 unspecified atom stereocenters. The van der Waals surface area contributed by atoms with Crippen LogP contribution in [-0.2, 0) is 11.2 Å². The molecule has 1 N–H and O–H groups in total. The van der Waals surface area contributed by atoms with E-state index < -0.39 is 0 Å². The fraction of sp³-hybridized carbons (Fsp3) is 0.632. The average Bonchev–Trinajstić information content (AvgIpc) is 3.13. The van der Waals surface area contributed by atoms with Crippen molar-refractivity contribution in [2.45, 2.75) is 25.8 Å². The van der Waals surface area contributed by atoms with E-state index in [0.717, 1.165) is 75.4 Å². The molecule has 25 heavy (non-hydrogen) atoms. The molecule has 1 atom stereocenters. The summed E-state index contributed by atoms with van der Waals surface area (Å²) in [5.41, 5.74) is 1.16. The van der Waals surface area contributed by atoms with E-state index >= 15 is 0 Å². The first-order valence-electron chi connectivity index (χ1n) is 9.36. The number of morpholine rings is 1. The highest BCUT2D eigenvalue weighted by molar-refractivity contribution is 6.31. The molecule has 2 heterocycles. The predicted octanol–water partition coefficient (Wildman–Crippen LogP) is 2.25. The van der Waals surface area contributed by atoms with Crippen LogP contribution in [0.2, 0.25) is 5.02 Å². The van der Waals surface area contributed by atoms with E-state index in [2.05, 4.69) is 28.1 Å². The van der Waals surface area contributed by atoms with Gasteiger partial charge in [0.05, 0.1) is 13.2 Å². The number of nitrogens with zero attached hydrogens (tertiary/aromatic N) is 3. The molecule has 0 aliphatic carbocycles. The molecule has 2 aliphatic heterocycles. The number of aliphatic imine (C=N–C) groups is 1. The Balaban J connectivity index is 1.56. The largest absolute Gasteiger partial charge is 0.379 e. The standard InChI is InChI=1S/C19H29ClN4O/c1-2-21-19(22-9-7-16-5-3-4-6-18(16)20)24-10-8-17(15-24)23-11-13-25-14-12-23/h3-6,17H,2,7-15H2,1H3,(H,21,22). The van der Waals surface area contributed by atoms with Crippen LogP contribution in [0.1, 0.15) is 18.9 Å². The Hall–Kier alpha value is -1.30. The summed E-state index contributed by atoms with van der Waals surface area (Å²) in [7, 11) is 0. The van der Waals surface area contributed by atoms with Crippen LogP contribution in [0.5, 0.6) is 0 Å². The molecule has 2 saturated heterocycles. The number of benzene rings is 1. The van der Waals surface area contributed by atoms with Gasteiger partial charge in [-0.25, -0.2) is 0 Å². The zero-order valence-electron chi connectivity index (χ0n) is 15.1. The minimum absolute atomic E-state index is 0.622. The summed E-state index contributed by atoms with van der Waals surface area (Å²) in [6, 6.07) is 8.64. The second-order valence-corrected chi connectivity index (χ2v) is 7.02. The van der Waals surface area contributed by atoms with Crippen molar-refractivity contribution >= 4 is 17.6 Å². The summed E-state index contributed by atoms with van der Waals surface area (Å²) in [5, 5.41) is 4.28. The van der Waals surface area contributed by atoms with Gasteiger partial charge in [-0.15, -0.1) is 0 Å². The molecular formula is C19H29ClN4O. The van der Waals surface area contributed by atoms with Gasteiger partial charge in [0.2, 0.25) is 0 Å². The van der Waals surface area contributed by atoms with Crippen molar-refractivity contribution in [2.24, 2.45) is 4.99 Å². The number of likely N-dealkylation sites (tertiary alicyclic amines) is 1. The Morgan fingerprint density at radius 3 is 2.84 bits per heavy atom. The number of hydrogen-bond acceptors (Lipinski definition) is 3. The Morgan fingerprint density at radius 2 is 2.08 bits per heavy atom. The van der Waals surface area contributed by atoms with Crippen LogP contribution in [-0.4, -0.2) is 74.3 Å². The maximum absolute atomic E-state index is 6.24. The lowest BCUT2D eigenvalue weighted by atomic mass is 10.1. The van der Waals surface area contributed by atoms with Gasteiger partial charge in [-0.2, -0.15) is 0 Å². The lowest BCUT2D eigenvalue weighted by Gasteiger charge is -2.32. The van der Waals surface area contributed by atoms with Crippen LogP contribution < -0.4 is 5.32 Å².